The normalized spacial score (nSPS) is 26.1. The van der Waals surface area contributed by atoms with Crippen molar-refractivity contribution in [3.8, 4) is 0 Å². The van der Waals surface area contributed by atoms with E-state index in [-0.39, 0.29) is 23.7 Å². The maximum atomic E-state index is 12.0. The monoisotopic (exact) mass is 276 g/mol. The van der Waals surface area contributed by atoms with Gasteiger partial charge in [0.2, 0.25) is 5.91 Å². The van der Waals surface area contributed by atoms with Gasteiger partial charge in [-0.05, 0) is 37.0 Å². The highest BCUT2D eigenvalue weighted by Gasteiger charge is 2.29. The highest BCUT2D eigenvalue weighted by Crippen LogP contribution is 2.27. The molecule has 0 bridgehead atoms. The fourth-order valence-corrected chi connectivity index (χ4v) is 2.40. The van der Waals surface area contributed by atoms with E-state index in [4.69, 9.17) is 5.73 Å². The molecule has 0 aliphatic heterocycles. The summed E-state index contributed by atoms with van der Waals surface area (Å²) in [5.74, 6) is 0.872. The smallest absolute Gasteiger partial charge is 0.237 e. The van der Waals surface area contributed by atoms with E-state index in [0.29, 0.717) is 6.04 Å². The van der Waals surface area contributed by atoms with Crippen LogP contribution in [0.4, 0.5) is 0 Å². The summed E-state index contributed by atoms with van der Waals surface area (Å²) in [4.78, 5) is 12.0. The Labute approximate surface area is 118 Å². The molecule has 1 saturated carbocycles. The number of amides is 1. The number of rotatable bonds is 3. The molecule has 0 saturated heterocycles. The Balaban J connectivity index is 0.00000289. The van der Waals surface area contributed by atoms with Crippen molar-refractivity contribution < 1.29 is 4.79 Å². The molecule has 1 aliphatic rings. The van der Waals surface area contributed by atoms with Crippen molar-refractivity contribution >= 4 is 18.3 Å². The molecule has 1 amide bonds. The second-order valence-corrected chi connectivity index (χ2v) is 6.48. The molecule has 1 aliphatic carbocycles. The third-order valence-electron chi connectivity index (χ3n) is 3.99. The summed E-state index contributed by atoms with van der Waals surface area (Å²) in [7, 11) is 0. The number of hydrogen-bond donors (Lipinski definition) is 2. The number of carbonyl (C=O) groups excluding carboxylic acids is 1. The number of nitrogens with two attached hydrogens (primary N) is 1. The summed E-state index contributed by atoms with van der Waals surface area (Å²) < 4.78 is 0. The topological polar surface area (TPSA) is 55.1 Å². The van der Waals surface area contributed by atoms with Crippen LogP contribution in [-0.2, 0) is 4.79 Å². The zero-order valence-corrected chi connectivity index (χ0v) is 13.0. The van der Waals surface area contributed by atoms with Gasteiger partial charge in [0.15, 0.2) is 0 Å². The van der Waals surface area contributed by atoms with Crippen LogP contribution in [0.15, 0.2) is 0 Å². The Bertz CT molecular complexity index is 255. The zero-order valence-electron chi connectivity index (χ0n) is 12.2. The molecule has 4 heteroatoms. The van der Waals surface area contributed by atoms with Gasteiger partial charge in [-0.25, -0.2) is 0 Å². The van der Waals surface area contributed by atoms with Crippen molar-refractivity contribution in [1.82, 2.24) is 5.32 Å². The Morgan fingerprint density at radius 2 is 1.78 bits per heavy atom. The quantitative estimate of drug-likeness (QED) is 0.833. The van der Waals surface area contributed by atoms with Crippen molar-refractivity contribution in [2.75, 3.05) is 0 Å². The Morgan fingerprint density at radius 1 is 1.28 bits per heavy atom. The molecule has 108 valence electrons. The molecule has 0 unspecified atom stereocenters. The predicted octanol–water partition coefficient (Wildman–Crippen LogP) is 2.87. The molecule has 18 heavy (non-hydrogen) atoms. The maximum absolute atomic E-state index is 12.0. The molecule has 0 spiro atoms. The van der Waals surface area contributed by atoms with Crippen molar-refractivity contribution in [2.24, 2.45) is 17.1 Å². The molecule has 0 radical (unpaired) electrons. The summed E-state index contributed by atoms with van der Waals surface area (Å²) in [6.07, 6.45) is 5.97. The summed E-state index contributed by atoms with van der Waals surface area (Å²) in [6, 6.07) is -0.0647. The second-order valence-electron chi connectivity index (χ2n) is 6.48. The zero-order chi connectivity index (χ0) is 13.1. The van der Waals surface area contributed by atoms with E-state index in [1.54, 1.807) is 0 Å². The summed E-state index contributed by atoms with van der Waals surface area (Å²) in [5.41, 5.74) is 5.79. The first kappa shape index (κ1) is 17.7. The minimum Gasteiger partial charge on any atom is -0.352 e. The summed E-state index contributed by atoms with van der Waals surface area (Å²) >= 11 is 0. The molecule has 0 aromatic rings. The molecule has 0 aromatic carbocycles. The summed E-state index contributed by atoms with van der Waals surface area (Å²) in [5, 5.41) is 3.11. The third-order valence-corrected chi connectivity index (χ3v) is 3.99. The molecule has 1 atom stereocenters. The van der Waals surface area contributed by atoms with Crippen LogP contribution >= 0.6 is 12.4 Å². The van der Waals surface area contributed by atoms with Crippen LogP contribution in [0.1, 0.15) is 59.8 Å². The van der Waals surface area contributed by atoms with Crippen molar-refractivity contribution in [2.45, 2.75) is 71.9 Å². The van der Waals surface area contributed by atoms with Crippen molar-refractivity contribution in [1.29, 1.82) is 0 Å². The third kappa shape index (κ3) is 5.15. The van der Waals surface area contributed by atoms with Crippen LogP contribution in [0.25, 0.3) is 0 Å². The predicted molar refractivity (Wildman–Crippen MR) is 78.9 cm³/mol. The fraction of sp³-hybridized carbons (Fsp3) is 0.929. The second kappa shape index (κ2) is 7.34. The lowest BCUT2D eigenvalue weighted by molar-refractivity contribution is -0.125. The van der Waals surface area contributed by atoms with E-state index in [0.717, 1.165) is 18.8 Å². The van der Waals surface area contributed by atoms with Crippen LogP contribution in [0, 0.1) is 11.3 Å². The lowest BCUT2D eigenvalue weighted by atomic mass is 9.83. The van der Waals surface area contributed by atoms with E-state index >= 15 is 0 Å². The van der Waals surface area contributed by atoms with Gasteiger partial charge in [0.25, 0.3) is 0 Å². The van der Waals surface area contributed by atoms with E-state index in [2.05, 4.69) is 12.2 Å². The van der Waals surface area contributed by atoms with Gasteiger partial charge in [0.1, 0.15) is 0 Å². The van der Waals surface area contributed by atoms with E-state index in [1.165, 1.54) is 19.3 Å². The molecular weight excluding hydrogens is 248 g/mol. The SMILES string of the molecule is CCC1CCC(NC(=O)[C@@H](N)C(C)(C)C)CC1.Cl. The van der Waals surface area contributed by atoms with Gasteiger partial charge < -0.3 is 11.1 Å². The average Bonchev–Trinajstić information content (AvgIpc) is 2.27. The maximum Gasteiger partial charge on any atom is 0.237 e. The Morgan fingerprint density at radius 3 is 2.17 bits per heavy atom. The molecule has 1 rings (SSSR count). The van der Waals surface area contributed by atoms with Crippen LogP contribution in [0.3, 0.4) is 0 Å². The van der Waals surface area contributed by atoms with Gasteiger partial charge in [-0.1, -0.05) is 34.1 Å². The molecule has 0 aromatic heterocycles. The first-order valence-corrected chi connectivity index (χ1v) is 6.90. The highest BCUT2D eigenvalue weighted by molar-refractivity contribution is 5.85. The standard InChI is InChI=1S/C14H28N2O.ClH/c1-5-10-6-8-11(9-7-10)16-13(17)12(15)14(2,3)4;/h10-12H,5-9,15H2,1-4H3,(H,16,17);1H/t10?,11?,12-;/m1./s1. The highest BCUT2D eigenvalue weighted by atomic mass is 35.5. The molecule has 0 heterocycles. The van der Waals surface area contributed by atoms with Gasteiger partial charge in [-0.3, -0.25) is 4.79 Å². The van der Waals surface area contributed by atoms with Crippen molar-refractivity contribution in [3.05, 3.63) is 0 Å². The van der Waals surface area contributed by atoms with E-state index < -0.39 is 6.04 Å². The number of hydrogen-bond acceptors (Lipinski definition) is 2. The van der Waals surface area contributed by atoms with Crippen molar-refractivity contribution in [3.63, 3.8) is 0 Å². The van der Waals surface area contributed by atoms with Crippen LogP contribution < -0.4 is 11.1 Å². The largest absolute Gasteiger partial charge is 0.352 e. The first-order valence-electron chi connectivity index (χ1n) is 6.90. The van der Waals surface area contributed by atoms with Gasteiger partial charge in [-0.15, -0.1) is 12.4 Å². The minimum absolute atomic E-state index is 0. The Hall–Kier alpha value is -0.280. The van der Waals surface area contributed by atoms with Gasteiger partial charge >= 0.3 is 0 Å². The van der Waals surface area contributed by atoms with Crippen LogP contribution in [0.5, 0.6) is 0 Å². The average molecular weight is 277 g/mol. The molecular formula is C14H29ClN2O. The van der Waals surface area contributed by atoms with E-state index in [9.17, 15) is 4.79 Å². The number of halogens is 1. The van der Waals surface area contributed by atoms with Gasteiger partial charge in [0.05, 0.1) is 6.04 Å². The lowest BCUT2D eigenvalue weighted by Crippen LogP contribution is -2.51. The molecule has 3 N–H and O–H groups in total. The molecule has 3 nitrogen and oxygen atoms in total. The Kier molecular flexibility index (Phi) is 7.23. The van der Waals surface area contributed by atoms with Crippen LogP contribution in [0.2, 0.25) is 0 Å². The molecule has 1 fully saturated rings. The first-order chi connectivity index (χ1) is 7.84. The lowest BCUT2D eigenvalue weighted by Gasteiger charge is -2.32. The van der Waals surface area contributed by atoms with Crippen LogP contribution in [-0.4, -0.2) is 18.0 Å². The minimum atomic E-state index is -0.411. The van der Waals surface area contributed by atoms with E-state index in [1.807, 2.05) is 20.8 Å². The summed E-state index contributed by atoms with van der Waals surface area (Å²) in [6.45, 7) is 8.26. The van der Waals surface area contributed by atoms with Gasteiger partial charge in [-0.2, -0.15) is 0 Å². The van der Waals surface area contributed by atoms with Gasteiger partial charge in [0, 0.05) is 6.04 Å². The fourth-order valence-electron chi connectivity index (χ4n) is 2.40. The number of nitrogens with one attached hydrogen (secondary N) is 1. The number of carbonyl (C=O) groups is 1.